The summed E-state index contributed by atoms with van der Waals surface area (Å²) in [5.74, 6) is -1.40. The van der Waals surface area contributed by atoms with Crippen LogP contribution in [0.2, 0.25) is 10.0 Å². The van der Waals surface area contributed by atoms with E-state index in [2.05, 4.69) is 5.32 Å². The van der Waals surface area contributed by atoms with E-state index in [9.17, 15) is 14.4 Å². The molecule has 2 aliphatic heterocycles. The minimum Gasteiger partial charge on any atom is -0.350 e. The Kier molecular flexibility index (Phi) is 6.23. The van der Waals surface area contributed by atoms with Gasteiger partial charge in [0.15, 0.2) is 0 Å². The summed E-state index contributed by atoms with van der Waals surface area (Å²) in [6.45, 7) is 1.47. The predicted octanol–water partition coefficient (Wildman–Crippen LogP) is 5.06. The number of carbonyl (C=O) groups excluding carboxylic acids is 3. The molecule has 0 radical (unpaired) electrons. The second kappa shape index (κ2) is 8.91. The van der Waals surface area contributed by atoms with Gasteiger partial charge in [-0.15, -0.1) is 0 Å². The molecule has 2 aromatic carbocycles. The predicted molar refractivity (Wildman–Crippen MR) is 122 cm³/mol. The number of halogens is 3. The molecular weight excluding hydrogens is 461 g/mol. The van der Waals surface area contributed by atoms with Crippen molar-refractivity contribution >= 4 is 63.9 Å². The molecule has 0 unspecified atom stereocenters. The highest BCUT2D eigenvalue weighted by Gasteiger charge is 2.40. The zero-order valence-electron chi connectivity index (χ0n) is 16.3. The molecular formula is C22H18Cl3N3O3. The summed E-state index contributed by atoms with van der Waals surface area (Å²) in [7, 11) is 0. The zero-order valence-corrected chi connectivity index (χ0v) is 18.6. The van der Waals surface area contributed by atoms with Gasteiger partial charge in [0.1, 0.15) is 10.7 Å². The van der Waals surface area contributed by atoms with Crippen LogP contribution in [0.25, 0.3) is 0 Å². The molecule has 0 atom stereocenters. The zero-order chi connectivity index (χ0) is 22.1. The fraction of sp³-hybridized carbons (Fsp3) is 0.227. The van der Waals surface area contributed by atoms with E-state index in [4.69, 9.17) is 34.8 Å². The van der Waals surface area contributed by atoms with Crippen LogP contribution in [-0.4, -0.2) is 35.7 Å². The van der Waals surface area contributed by atoms with Crippen molar-refractivity contribution in [3.63, 3.8) is 0 Å². The van der Waals surface area contributed by atoms with E-state index in [0.29, 0.717) is 16.3 Å². The third kappa shape index (κ3) is 4.28. The van der Waals surface area contributed by atoms with Gasteiger partial charge in [0, 0.05) is 29.4 Å². The molecule has 0 saturated carbocycles. The second-order valence-electron chi connectivity index (χ2n) is 7.29. The van der Waals surface area contributed by atoms with Crippen LogP contribution < -0.4 is 10.2 Å². The molecule has 9 heteroatoms. The van der Waals surface area contributed by atoms with Crippen molar-refractivity contribution in [3.8, 4) is 0 Å². The summed E-state index contributed by atoms with van der Waals surface area (Å²) in [4.78, 5) is 41.1. The number of hydrogen-bond acceptors (Lipinski definition) is 4. The van der Waals surface area contributed by atoms with Gasteiger partial charge in [0.25, 0.3) is 17.7 Å². The lowest BCUT2D eigenvalue weighted by molar-refractivity contribution is -0.120. The summed E-state index contributed by atoms with van der Waals surface area (Å²) in [5, 5.41) is 3.16. The van der Waals surface area contributed by atoms with Crippen molar-refractivity contribution in [3.05, 3.63) is 68.8 Å². The number of imide groups is 1. The number of nitrogens with one attached hydrogen (secondary N) is 1. The van der Waals surface area contributed by atoms with Gasteiger partial charge in [0.05, 0.1) is 10.7 Å². The molecule has 0 aromatic heterocycles. The summed E-state index contributed by atoms with van der Waals surface area (Å²) in [6, 6.07) is 11.2. The molecule has 3 amide bonds. The maximum Gasteiger partial charge on any atom is 0.283 e. The van der Waals surface area contributed by atoms with Crippen molar-refractivity contribution < 1.29 is 14.4 Å². The van der Waals surface area contributed by atoms with E-state index < -0.39 is 11.8 Å². The number of rotatable bonds is 4. The molecule has 0 spiro atoms. The van der Waals surface area contributed by atoms with Gasteiger partial charge in [-0.05, 0) is 55.7 Å². The van der Waals surface area contributed by atoms with Crippen molar-refractivity contribution in [1.82, 2.24) is 4.90 Å². The van der Waals surface area contributed by atoms with Gasteiger partial charge >= 0.3 is 0 Å². The number of anilines is 2. The Labute approximate surface area is 194 Å². The Morgan fingerprint density at radius 3 is 2.35 bits per heavy atom. The summed E-state index contributed by atoms with van der Waals surface area (Å²) in [5.41, 5.74) is 1.07. The fourth-order valence-corrected chi connectivity index (χ4v) is 4.35. The molecule has 0 bridgehead atoms. The summed E-state index contributed by atoms with van der Waals surface area (Å²) in [6.07, 6.45) is 3.11. The minimum atomic E-state index is -0.695. The van der Waals surface area contributed by atoms with Gasteiger partial charge in [-0.1, -0.05) is 40.9 Å². The average molecular weight is 479 g/mol. The quantitative estimate of drug-likeness (QED) is 0.624. The second-order valence-corrected chi connectivity index (χ2v) is 8.51. The van der Waals surface area contributed by atoms with Crippen LogP contribution in [-0.2, 0) is 9.59 Å². The number of amides is 3. The smallest absolute Gasteiger partial charge is 0.283 e. The number of likely N-dealkylation sites (tertiary alicyclic amines) is 1. The van der Waals surface area contributed by atoms with Crippen LogP contribution in [0.5, 0.6) is 0 Å². The van der Waals surface area contributed by atoms with Crippen molar-refractivity contribution in [2.75, 3.05) is 23.3 Å². The van der Waals surface area contributed by atoms with Crippen LogP contribution in [0.3, 0.4) is 0 Å². The van der Waals surface area contributed by atoms with Gasteiger partial charge in [-0.3, -0.25) is 14.4 Å². The molecule has 1 N–H and O–H groups in total. The lowest BCUT2D eigenvalue weighted by Crippen LogP contribution is -2.35. The molecule has 160 valence electrons. The lowest BCUT2D eigenvalue weighted by atomic mass is 10.1. The number of nitrogens with zero attached hydrogens (tertiary/aromatic N) is 2. The Hall–Kier alpha value is -2.54. The summed E-state index contributed by atoms with van der Waals surface area (Å²) >= 11 is 18.3. The number of carbonyl (C=O) groups is 3. The van der Waals surface area contributed by atoms with Gasteiger partial charge in [0.2, 0.25) is 0 Å². The van der Waals surface area contributed by atoms with E-state index in [1.54, 1.807) is 24.3 Å². The Morgan fingerprint density at radius 1 is 0.903 bits per heavy atom. The molecule has 1 fully saturated rings. The first-order valence-corrected chi connectivity index (χ1v) is 10.9. The lowest BCUT2D eigenvalue weighted by Gasteiger charge is -2.26. The average Bonchev–Trinajstić information content (AvgIpc) is 2.98. The van der Waals surface area contributed by atoms with Crippen LogP contribution in [0.4, 0.5) is 11.4 Å². The third-order valence-electron chi connectivity index (χ3n) is 5.20. The Bertz CT molecular complexity index is 1110. The van der Waals surface area contributed by atoms with Crippen LogP contribution in [0, 0.1) is 0 Å². The van der Waals surface area contributed by atoms with Crippen LogP contribution in [0.1, 0.15) is 29.6 Å². The third-order valence-corrected chi connectivity index (χ3v) is 6.09. The van der Waals surface area contributed by atoms with Crippen molar-refractivity contribution in [2.24, 2.45) is 0 Å². The van der Waals surface area contributed by atoms with E-state index in [1.807, 2.05) is 4.90 Å². The first-order valence-electron chi connectivity index (χ1n) is 9.77. The van der Waals surface area contributed by atoms with Crippen molar-refractivity contribution in [1.29, 1.82) is 0 Å². The fourth-order valence-electron chi connectivity index (χ4n) is 3.65. The highest BCUT2D eigenvalue weighted by Crippen LogP contribution is 2.35. The minimum absolute atomic E-state index is 0.0631. The molecule has 1 saturated heterocycles. The van der Waals surface area contributed by atoms with Crippen molar-refractivity contribution in [2.45, 2.75) is 19.3 Å². The topological polar surface area (TPSA) is 69.7 Å². The van der Waals surface area contributed by atoms with E-state index in [-0.39, 0.29) is 27.3 Å². The first kappa shape index (κ1) is 21.7. The molecule has 2 aliphatic rings. The maximum atomic E-state index is 13.0. The largest absolute Gasteiger partial charge is 0.350 e. The molecule has 2 heterocycles. The van der Waals surface area contributed by atoms with E-state index in [1.165, 1.54) is 18.2 Å². The Morgan fingerprint density at radius 2 is 1.65 bits per heavy atom. The summed E-state index contributed by atoms with van der Waals surface area (Å²) < 4.78 is 0. The standard InChI is InChI=1S/C22H18Cl3N3O3/c23-14-7-8-17(16(24)12-14)28-21(30)18(25)19(22(28)31)26-15-6-4-5-13(11-15)20(29)27-9-2-1-3-10-27/h4-8,11-12,26H,1-3,9-10H2. The molecule has 0 aliphatic carbocycles. The highest BCUT2D eigenvalue weighted by atomic mass is 35.5. The van der Waals surface area contributed by atoms with Crippen LogP contribution >= 0.6 is 34.8 Å². The SMILES string of the molecule is O=C(c1cccc(NC2=C(Cl)C(=O)N(c3ccc(Cl)cc3Cl)C2=O)c1)N1CCCCC1. The molecule has 2 aromatic rings. The van der Waals surface area contributed by atoms with Crippen LogP contribution in [0.15, 0.2) is 53.2 Å². The van der Waals surface area contributed by atoms with E-state index >= 15 is 0 Å². The Balaban J connectivity index is 1.57. The van der Waals surface area contributed by atoms with E-state index in [0.717, 1.165) is 37.3 Å². The van der Waals surface area contributed by atoms with Gasteiger partial charge in [-0.25, -0.2) is 4.90 Å². The normalized spacial score (nSPS) is 16.9. The number of piperidine rings is 1. The number of hydrogen-bond donors (Lipinski definition) is 1. The van der Waals surface area contributed by atoms with Gasteiger partial charge < -0.3 is 10.2 Å². The monoisotopic (exact) mass is 477 g/mol. The van der Waals surface area contributed by atoms with Gasteiger partial charge in [-0.2, -0.15) is 0 Å². The maximum absolute atomic E-state index is 13.0. The number of benzene rings is 2. The first-order chi connectivity index (χ1) is 14.9. The molecule has 31 heavy (non-hydrogen) atoms. The highest BCUT2D eigenvalue weighted by molar-refractivity contribution is 6.53. The molecule has 4 rings (SSSR count). The molecule has 6 nitrogen and oxygen atoms in total.